The first kappa shape index (κ1) is 21.0. The van der Waals surface area contributed by atoms with E-state index < -0.39 is 0 Å². The number of rotatable bonds is 6. The van der Waals surface area contributed by atoms with Crippen LogP contribution in [0.3, 0.4) is 0 Å². The number of nitrogens with zero attached hydrogens (tertiary/aromatic N) is 1. The van der Waals surface area contributed by atoms with Crippen LogP contribution in [0.25, 0.3) is 10.9 Å². The van der Waals surface area contributed by atoms with Crippen molar-refractivity contribution in [2.24, 2.45) is 5.92 Å². The molecule has 6 nitrogen and oxygen atoms in total. The minimum absolute atomic E-state index is 0.0148. The fourth-order valence-electron chi connectivity index (χ4n) is 4.12. The lowest BCUT2D eigenvalue weighted by molar-refractivity contribution is -0.148. The molecule has 1 aliphatic rings. The number of H-pyrrole nitrogens is 1. The van der Waals surface area contributed by atoms with Crippen molar-refractivity contribution in [3.63, 3.8) is 0 Å². The van der Waals surface area contributed by atoms with E-state index in [1.165, 1.54) is 5.56 Å². The lowest BCUT2D eigenvalue weighted by Gasteiger charge is -2.32. The second-order valence-corrected chi connectivity index (χ2v) is 8.13. The number of esters is 1. The first-order valence-electron chi connectivity index (χ1n) is 10.9. The average molecular weight is 420 g/mol. The predicted octanol–water partition coefficient (Wildman–Crippen LogP) is 4.23. The van der Waals surface area contributed by atoms with Crippen molar-refractivity contribution < 1.29 is 9.53 Å². The molecule has 0 aliphatic carbocycles. The highest BCUT2D eigenvalue weighted by atomic mass is 16.5. The Morgan fingerprint density at radius 2 is 1.87 bits per heavy atom. The number of hydrogen-bond donors (Lipinski definition) is 2. The van der Waals surface area contributed by atoms with E-state index in [2.05, 4.69) is 33.4 Å². The molecule has 2 aromatic carbocycles. The normalized spacial score (nSPS) is 14.6. The number of ether oxygens (including phenoxy) is 1. The summed E-state index contributed by atoms with van der Waals surface area (Å²) < 4.78 is 5.15. The Labute approximate surface area is 182 Å². The molecule has 1 aliphatic heterocycles. The highest BCUT2D eigenvalue weighted by Crippen LogP contribution is 2.25. The maximum atomic E-state index is 12.4. The number of anilines is 2. The van der Waals surface area contributed by atoms with E-state index >= 15 is 0 Å². The van der Waals surface area contributed by atoms with Gasteiger partial charge in [0.15, 0.2) is 0 Å². The zero-order valence-electron chi connectivity index (χ0n) is 18.1. The van der Waals surface area contributed by atoms with Gasteiger partial charge in [-0.1, -0.05) is 11.6 Å². The van der Waals surface area contributed by atoms with Gasteiger partial charge in [0.05, 0.1) is 12.5 Å². The first-order chi connectivity index (χ1) is 15.0. The molecule has 0 spiro atoms. The van der Waals surface area contributed by atoms with Crippen LogP contribution in [0.4, 0.5) is 11.4 Å². The number of aromatic nitrogens is 1. The monoisotopic (exact) mass is 419 g/mol. The number of carbonyl (C=O) groups excluding carboxylic acids is 1. The number of nitrogens with one attached hydrogen (secondary N) is 2. The Morgan fingerprint density at radius 3 is 2.58 bits per heavy atom. The van der Waals surface area contributed by atoms with E-state index in [0.717, 1.165) is 48.2 Å². The van der Waals surface area contributed by atoms with Crippen molar-refractivity contribution in [2.75, 3.05) is 29.9 Å². The van der Waals surface area contributed by atoms with Crippen LogP contribution < -0.4 is 15.8 Å². The molecule has 0 unspecified atom stereocenters. The summed E-state index contributed by atoms with van der Waals surface area (Å²) in [6, 6.07) is 16.2. The summed E-state index contributed by atoms with van der Waals surface area (Å²) in [7, 11) is 0. The highest BCUT2D eigenvalue weighted by Gasteiger charge is 2.26. The fraction of sp³-hybridized carbons (Fsp3) is 0.360. The molecule has 4 rings (SSSR count). The molecule has 0 atom stereocenters. The molecule has 0 bridgehead atoms. The molecule has 3 aromatic rings. The number of piperidine rings is 1. The van der Waals surface area contributed by atoms with Gasteiger partial charge < -0.3 is 19.9 Å². The van der Waals surface area contributed by atoms with Crippen molar-refractivity contribution in [1.82, 2.24) is 4.98 Å². The van der Waals surface area contributed by atoms with Crippen LogP contribution in [0, 0.1) is 12.8 Å². The summed E-state index contributed by atoms with van der Waals surface area (Å²) in [5.74, 6) is -0.0542. The van der Waals surface area contributed by atoms with Crippen molar-refractivity contribution in [3.8, 4) is 0 Å². The molecular weight excluding hydrogens is 390 g/mol. The van der Waals surface area contributed by atoms with Gasteiger partial charge >= 0.3 is 5.97 Å². The number of aromatic amines is 1. The van der Waals surface area contributed by atoms with Gasteiger partial charge in [-0.25, -0.2) is 0 Å². The van der Waals surface area contributed by atoms with Crippen molar-refractivity contribution in [2.45, 2.75) is 33.2 Å². The van der Waals surface area contributed by atoms with Crippen LogP contribution in [0.5, 0.6) is 0 Å². The van der Waals surface area contributed by atoms with Gasteiger partial charge in [-0.15, -0.1) is 0 Å². The van der Waals surface area contributed by atoms with Gasteiger partial charge in [-0.05, 0) is 74.5 Å². The number of hydrogen-bond acceptors (Lipinski definition) is 5. The van der Waals surface area contributed by atoms with Gasteiger partial charge in [0.2, 0.25) is 0 Å². The standard InChI is InChI=1S/C25H29N3O3/c1-3-31-25(30)18-10-12-28(13-11-18)22-7-5-21(6-8-22)26-16-20-15-19-14-17(2)4-9-23(19)27-24(20)29/h4-9,14-15,18,26H,3,10-13,16H2,1-2H3,(H,27,29). The van der Waals surface area contributed by atoms with Crippen LogP contribution in [0.15, 0.2) is 53.3 Å². The molecule has 162 valence electrons. The minimum Gasteiger partial charge on any atom is -0.466 e. The molecule has 0 radical (unpaired) electrons. The predicted molar refractivity (Wildman–Crippen MR) is 125 cm³/mol. The van der Waals surface area contributed by atoms with E-state index in [-0.39, 0.29) is 17.4 Å². The summed E-state index contributed by atoms with van der Waals surface area (Å²) in [4.78, 5) is 29.6. The van der Waals surface area contributed by atoms with Gasteiger partial charge in [0.1, 0.15) is 0 Å². The highest BCUT2D eigenvalue weighted by molar-refractivity contribution is 5.79. The zero-order chi connectivity index (χ0) is 21.8. The average Bonchev–Trinajstić information content (AvgIpc) is 2.78. The van der Waals surface area contributed by atoms with Crippen LogP contribution in [0.1, 0.15) is 30.9 Å². The number of fused-ring (bicyclic) bond motifs is 1. The Kier molecular flexibility index (Phi) is 6.26. The SMILES string of the molecule is CCOC(=O)C1CCN(c2ccc(NCc3cc4cc(C)ccc4[nH]c3=O)cc2)CC1. The zero-order valence-corrected chi connectivity index (χ0v) is 18.1. The molecule has 1 fully saturated rings. The summed E-state index contributed by atoms with van der Waals surface area (Å²) >= 11 is 0. The number of carbonyl (C=O) groups is 1. The summed E-state index contributed by atoms with van der Waals surface area (Å²) in [5.41, 5.74) is 4.78. The van der Waals surface area contributed by atoms with Gasteiger partial charge in [0.25, 0.3) is 5.56 Å². The van der Waals surface area contributed by atoms with Crippen molar-refractivity contribution in [3.05, 3.63) is 70.0 Å². The van der Waals surface area contributed by atoms with E-state index in [9.17, 15) is 9.59 Å². The Hall–Kier alpha value is -3.28. The molecule has 2 N–H and O–H groups in total. The maximum Gasteiger partial charge on any atom is 0.309 e. The molecular formula is C25H29N3O3. The van der Waals surface area contributed by atoms with Crippen LogP contribution in [-0.2, 0) is 16.1 Å². The number of aryl methyl sites for hydroxylation is 1. The van der Waals surface area contributed by atoms with Crippen LogP contribution in [0.2, 0.25) is 0 Å². The van der Waals surface area contributed by atoms with Gasteiger partial charge in [-0.3, -0.25) is 9.59 Å². The third kappa shape index (κ3) is 4.90. The molecule has 0 saturated carbocycles. The molecule has 6 heteroatoms. The van der Waals surface area contributed by atoms with E-state index in [1.807, 2.05) is 44.2 Å². The van der Waals surface area contributed by atoms with Crippen LogP contribution in [-0.4, -0.2) is 30.6 Å². The summed E-state index contributed by atoms with van der Waals surface area (Å²) in [5, 5.41) is 4.39. The van der Waals surface area contributed by atoms with Crippen molar-refractivity contribution in [1.29, 1.82) is 0 Å². The fourth-order valence-corrected chi connectivity index (χ4v) is 4.12. The quantitative estimate of drug-likeness (QED) is 0.585. The summed E-state index contributed by atoms with van der Waals surface area (Å²) in [6.07, 6.45) is 1.64. The topological polar surface area (TPSA) is 74.4 Å². The smallest absolute Gasteiger partial charge is 0.309 e. The third-order valence-electron chi connectivity index (χ3n) is 5.91. The molecule has 1 aromatic heterocycles. The second-order valence-electron chi connectivity index (χ2n) is 8.13. The Bertz CT molecular complexity index is 1110. The van der Waals surface area contributed by atoms with Crippen molar-refractivity contribution >= 4 is 28.2 Å². The largest absolute Gasteiger partial charge is 0.466 e. The van der Waals surface area contributed by atoms with E-state index in [4.69, 9.17) is 4.74 Å². The van der Waals surface area contributed by atoms with Gasteiger partial charge in [-0.2, -0.15) is 0 Å². The second kappa shape index (κ2) is 9.25. The molecule has 31 heavy (non-hydrogen) atoms. The molecule has 0 amide bonds. The van der Waals surface area contributed by atoms with E-state index in [0.29, 0.717) is 18.7 Å². The number of pyridine rings is 1. The lowest BCUT2D eigenvalue weighted by atomic mass is 9.96. The third-order valence-corrected chi connectivity index (χ3v) is 5.91. The Balaban J connectivity index is 1.36. The first-order valence-corrected chi connectivity index (χ1v) is 10.9. The maximum absolute atomic E-state index is 12.4. The van der Waals surface area contributed by atoms with E-state index in [1.54, 1.807) is 0 Å². The molecule has 2 heterocycles. The number of benzene rings is 2. The summed E-state index contributed by atoms with van der Waals surface area (Å²) in [6.45, 7) is 6.50. The lowest BCUT2D eigenvalue weighted by Crippen LogP contribution is -2.36. The minimum atomic E-state index is -0.0689. The molecule has 1 saturated heterocycles. The Morgan fingerprint density at radius 1 is 1.13 bits per heavy atom. The van der Waals surface area contributed by atoms with Gasteiger partial charge in [0, 0.05) is 42.1 Å². The van der Waals surface area contributed by atoms with Crippen LogP contribution >= 0.6 is 0 Å².